The Balaban J connectivity index is 1.68. The number of nitrogens with one attached hydrogen (secondary N) is 2. The monoisotopic (exact) mass is 372 g/mol. The molecule has 142 valence electrons. The molecule has 27 heavy (non-hydrogen) atoms. The lowest BCUT2D eigenvalue weighted by molar-refractivity contribution is 0.149. The molecule has 2 aromatic heterocycles. The van der Waals surface area contributed by atoms with Gasteiger partial charge < -0.3 is 10.3 Å². The Hall–Kier alpha value is -2.70. The molecule has 4 rings (SSSR count). The summed E-state index contributed by atoms with van der Waals surface area (Å²) in [6.07, 6.45) is 4.72. The molecule has 2 heterocycles. The molecule has 1 aliphatic carbocycles. The maximum atomic E-state index is 12.5. The van der Waals surface area contributed by atoms with Crippen molar-refractivity contribution in [2.45, 2.75) is 51.0 Å². The fourth-order valence-corrected chi connectivity index (χ4v) is 3.83. The summed E-state index contributed by atoms with van der Waals surface area (Å²) in [5, 5.41) is 8.42. The van der Waals surface area contributed by atoms with Crippen LogP contribution >= 0.6 is 0 Å². The lowest BCUT2D eigenvalue weighted by Crippen LogP contribution is -2.14. The average molecular weight is 372 g/mol. The zero-order chi connectivity index (χ0) is 18.8. The van der Waals surface area contributed by atoms with E-state index >= 15 is 0 Å². The summed E-state index contributed by atoms with van der Waals surface area (Å²) >= 11 is 0. The number of fused-ring (bicyclic) bond motifs is 1. The van der Waals surface area contributed by atoms with Gasteiger partial charge in [0.05, 0.1) is 11.6 Å². The van der Waals surface area contributed by atoms with E-state index in [1.807, 2.05) is 10.7 Å². The normalized spacial score (nSPS) is 15.5. The lowest BCUT2D eigenvalue weighted by Gasteiger charge is -2.22. The summed E-state index contributed by atoms with van der Waals surface area (Å²) < 4.78 is 27.0. The van der Waals surface area contributed by atoms with Gasteiger partial charge in [-0.05, 0) is 36.6 Å². The lowest BCUT2D eigenvalue weighted by atomic mass is 9.95. The first-order chi connectivity index (χ1) is 13.1. The summed E-state index contributed by atoms with van der Waals surface area (Å²) in [7, 11) is 0. The number of aromatic nitrogens is 3. The zero-order valence-corrected chi connectivity index (χ0v) is 14.9. The van der Waals surface area contributed by atoms with Crippen molar-refractivity contribution in [3.8, 4) is 0 Å². The highest BCUT2D eigenvalue weighted by atomic mass is 19.3. The number of nitrogens with zero attached hydrogens (tertiary/aromatic N) is 2. The van der Waals surface area contributed by atoms with Crippen molar-refractivity contribution in [3.05, 3.63) is 52.4 Å². The highest BCUT2D eigenvalue weighted by Crippen LogP contribution is 2.32. The first kappa shape index (κ1) is 17.7. The number of halogens is 2. The van der Waals surface area contributed by atoms with Crippen LogP contribution in [0.1, 0.15) is 43.7 Å². The molecular weight excluding hydrogens is 350 g/mol. The molecule has 1 aromatic carbocycles. The van der Waals surface area contributed by atoms with E-state index in [0.717, 1.165) is 18.4 Å². The van der Waals surface area contributed by atoms with Crippen LogP contribution in [0.5, 0.6) is 0 Å². The zero-order valence-electron chi connectivity index (χ0n) is 14.9. The fraction of sp³-hybridized carbons (Fsp3) is 0.400. The molecule has 5 nitrogen and oxygen atoms in total. The molecule has 0 spiro atoms. The SMILES string of the molecule is O=c1[nH]ccc2c1c(Nc1ccc(CC(F)F)cc1)nn2C1CCCCC1. The number of hydrogen-bond donors (Lipinski definition) is 2. The minimum atomic E-state index is -2.36. The van der Waals surface area contributed by atoms with Gasteiger partial charge in [-0.1, -0.05) is 31.4 Å². The predicted octanol–water partition coefficient (Wildman–Crippen LogP) is 4.78. The number of pyridine rings is 1. The van der Waals surface area contributed by atoms with Gasteiger partial charge in [0.1, 0.15) is 5.39 Å². The number of rotatable bonds is 5. The van der Waals surface area contributed by atoms with Crippen molar-refractivity contribution in [1.82, 2.24) is 14.8 Å². The standard InChI is InChI=1S/C20H22F2N4O/c21-17(22)12-13-6-8-14(9-7-13)24-19-18-16(10-11-23-20(18)27)26(25-19)15-4-2-1-3-5-15/h6-11,15,17H,1-5,12H2,(H,23,27)(H,24,25). The largest absolute Gasteiger partial charge is 0.338 e. The topological polar surface area (TPSA) is 62.7 Å². The van der Waals surface area contributed by atoms with Gasteiger partial charge in [0.25, 0.3) is 5.56 Å². The average Bonchev–Trinajstić information content (AvgIpc) is 3.03. The van der Waals surface area contributed by atoms with Crippen LogP contribution in [0.2, 0.25) is 0 Å². The van der Waals surface area contributed by atoms with Gasteiger partial charge >= 0.3 is 0 Å². The molecule has 0 saturated heterocycles. The molecule has 1 fully saturated rings. The summed E-state index contributed by atoms with van der Waals surface area (Å²) in [6.45, 7) is 0. The summed E-state index contributed by atoms with van der Waals surface area (Å²) in [6, 6.07) is 8.99. The molecule has 0 bridgehead atoms. The van der Waals surface area contributed by atoms with Crippen molar-refractivity contribution in [3.63, 3.8) is 0 Å². The van der Waals surface area contributed by atoms with Gasteiger partial charge in [-0.2, -0.15) is 5.10 Å². The molecule has 0 unspecified atom stereocenters. The third-order valence-corrected chi connectivity index (χ3v) is 5.16. The van der Waals surface area contributed by atoms with Crippen LogP contribution in [0, 0.1) is 0 Å². The minimum Gasteiger partial charge on any atom is -0.338 e. The van der Waals surface area contributed by atoms with Crippen molar-refractivity contribution < 1.29 is 8.78 Å². The second kappa shape index (κ2) is 7.50. The number of H-pyrrole nitrogens is 1. The summed E-state index contributed by atoms with van der Waals surface area (Å²) in [4.78, 5) is 15.1. The molecule has 0 atom stereocenters. The van der Waals surface area contributed by atoms with Crippen molar-refractivity contribution in [2.75, 3.05) is 5.32 Å². The van der Waals surface area contributed by atoms with Crippen LogP contribution in [-0.4, -0.2) is 21.2 Å². The van der Waals surface area contributed by atoms with E-state index in [9.17, 15) is 13.6 Å². The maximum Gasteiger partial charge on any atom is 0.261 e. The minimum absolute atomic E-state index is 0.189. The van der Waals surface area contributed by atoms with Crippen molar-refractivity contribution >= 4 is 22.4 Å². The molecule has 0 amide bonds. The Morgan fingerprint density at radius 2 is 1.89 bits per heavy atom. The molecule has 0 radical (unpaired) electrons. The molecule has 1 saturated carbocycles. The second-order valence-corrected chi connectivity index (χ2v) is 7.07. The number of benzene rings is 1. The quantitative estimate of drug-likeness (QED) is 0.677. The smallest absolute Gasteiger partial charge is 0.261 e. The van der Waals surface area contributed by atoms with E-state index < -0.39 is 6.43 Å². The van der Waals surface area contributed by atoms with Gasteiger partial charge in [-0.3, -0.25) is 9.48 Å². The fourth-order valence-electron chi connectivity index (χ4n) is 3.83. The van der Waals surface area contributed by atoms with Crippen molar-refractivity contribution in [1.29, 1.82) is 0 Å². The van der Waals surface area contributed by atoms with Gasteiger partial charge in [0.15, 0.2) is 5.82 Å². The van der Waals surface area contributed by atoms with E-state index in [0.29, 0.717) is 28.5 Å². The van der Waals surface area contributed by atoms with Crippen LogP contribution < -0.4 is 10.9 Å². The third-order valence-electron chi connectivity index (χ3n) is 5.16. The van der Waals surface area contributed by atoms with E-state index in [-0.39, 0.29) is 12.0 Å². The first-order valence-corrected chi connectivity index (χ1v) is 9.36. The molecule has 3 aromatic rings. The number of aromatic amines is 1. The van der Waals surface area contributed by atoms with E-state index in [4.69, 9.17) is 5.10 Å². The highest BCUT2D eigenvalue weighted by molar-refractivity contribution is 5.91. The van der Waals surface area contributed by atoms with Crippen LogP contribution in [-0.2, 0) is 6.42 Å². The second-order valence-electron chi connectivity index (χ2n) is 7.07. The Morgan fingerprint density at radius 1 is 1.15 bits per heavy atom. The van der Waals surface area contributed by atoms with Crippen molar-refractivity contribution in [2.24, 2.45) is 0 Å². The Labute approximate surface area is 155 Å². The number of hydrogen-bond acceptors (Lipinski definition) is 3. The van der Waals surface area contributed by atoms with E-state index in [2.05, 4.69) is 10.3 Å². The molecule has 1 aliphatic rings. The van der Waals surface area contributed by atoms with Gasteiger partial charge in [0.2, 0.25) is 6.43 Å². The third kappa shape index (κ3) is 3.72. The van der Waals surface area contributed by atoms with Crippen LogP contribution in [0.4, 0.5) is 20.3 Å². The molecule has 0 aliphatic heterocycles. The van der Waals surface area contributed by atoms with Gasteiger partial charge in [-0.15, -0.1) is 0 Å². The molecule has 2 N–H and O–H groups in total. The first-order valence-electron chi connectivity index (χ1n) is 9.36. The Morgan fingerprint density at radius 3 is 2.59 bits per heavy atom. The number of alkyl halides is 2. The van der Waals surface area contributed by atoms with Crippen LogP contribution in [0.3, 0.4) is 0 Å². The highest BCUT2D eigenvalue weighted by Gasteiger charge is 2.22. The Kier molecular flexibility index (Phi) is 4.92. The summed E-state index contributed by atoms with van der Waals surface area (Å²) in [5.74, 6) is 0.499. The van der Waals surface area contributed by atoms with Crippen LogP contribution in [0.15, 0.2) is 41.3 Å². The van der Waals surface area contributed by atoms with Crippen LogP contribution in [0.25, 0.3) is 10.9 Å². The van der Waals surface area contributed by atoms with E-state index in [1.165, 1.54) is 19.3 Å². The maximum absolute atomic E-state index is 12.5. The van der Waals surface area contributed by atoms with Gasteiger partial charge in [-0.25, -0.2) is 8.78 Å². The van der Waals surface area contributed by atoms with Gasteiger partial charge in [0, 0.05) is 18.3 Å². The molecular formula is C20H22F2N4O. The van der Waals surface area contributed by atoms with E-state index in [1.54, 1.807) is 30.5 Å². The Bertz CT molecular complexity index is 972. The summed E-state index contributed by atoms with van der Waals surface area (Å²) in [5.41, 5.74) is 1.92. The molecule has 7 heteroatoms. The number of anilines is 2. The predicted molar refractivity (Wildman–Crippen MR) is 102 cm³/mol.